The number of amides is 2. The quantitative estimate of drug-likeness (QED) is 0.360. The highest BCUT2D eigenvalue weighted by atomic mass is 35.5. The van der Waals surface area contributed by atoms with Crippen LogP contribution < -0.4 is 14.4 Å². The van der Waals surface area contributed by atoms with E-state index in [1.165, 1.54) is 72.7 Å². The molecule has 0 saturated carbocycles. The molecule has 208 valence electrons. The third-order valence-corrected chi connectivity index (χ3v) is 7.91. The maximum atomic E-state index is 13.8. The van der Waals surface area contributed by atoms with Crippen molar-refractivity contribution in [2.45, 2.75) is 44.3 Å². The molecule has 3 aromatic rings. The number of benzene rings is 3. The zero-order valence-electron chi connectivity index (χ0n) is 22.1. The molecule has 8 nitrogen and oxygen atoms in total. The van der Waals surface area contributed by atoms with Gasteiger partial charge in [-0.15, -0.1) is 0 Å². The summed E-state index contributed by atoms with van der Waals surface area (Å²) >= 11 is 6.17. The predicted molar refractivity (Wildman–Crippen MR) is 149 cm³/mol. The lowest BCUT2D eigenvalue weighted by molar-refractivity contribution is -0.139. The van der Waals surface area contributed by atoms with Gasteiger partial charge in [0.05, 0.1) is 17.7 Å². The number of carbonyl (C=O) groups is 2. The number of hydrogen-bond acceptors (Lipinski definition) is 5. The smallest absolute Gasteiger partial charge is 0.264 e. The number of anilines is 1. The summed E-state index contributed by atoms with van der Waals surface area (Å²) in [6.07, 6.45) is 0. The molecule has 1 unspecified atom stereocenters. The van der Waals surface area contributed by atoms with Crippen LogP contribution in [-0.4, -0.2) is 50.9 Å². The van der Waals surface area contributed by atoms with E-state index in [0.29, 0.717) is 11.3 Å². The van der Waals surface area contributed by atoms with Gasteiger partial charge in [-0.1, -0.05) is 29.8 Å². The summed E-state index contributed by atoms with van der Waals surface area (Å²) in [7, 11) is -2.78. The summed E-state index contributed by atoms with van der Waals surface area (Å²) in [5, 5.41) is 3.06. The monoisotopic (exact) mass is 575 g/mol. The minimum atomic E-state index is -4.25. The van der Waals surface area contributed by atoms with Gasteiger partial charge in [-0.3, -0.25) is 13.9 Å². The fraction of sp³-hybridized carbons (Fsp3) is 0.286. The van der Waals surface area contributed by atoms with Gasteiger partial charge in [0.25, 0.3) is 10.0 Å². The van der Waals surface area contributed by atoms with Gasteiger partial charge in [0.15, 0.2) is 0 Å². The summed E-state index contributed by atoms with van der Waals surface area (Å²) in [5.74, 6) is -1.02. The molecule has 3 rings (SSSR count). The predicted octanol–water partition coefficient (Wildman–Crippen LogP) is 4.62. The number of hydrogen-bond donors (Lipinski definition) is 1. The van der Waals surface area contributed by atoms with E-state index in [1.807, 2.05) is 0 Å². The van der Waals surface area contributed by atoms with Crippen LogP contribution in [0.15, 0.2) is 77.7 Å². The Morgan fingerprint density at radius 2 is 1.64 bits per heavy atom. The first-order valence-corrected chi connectivity index (χ1v) is 14.0. The Morgan fingerprint density at radius 1 is 1.00 bits per heavy atom. The molecule has 0 aliphatic carbocycles. The van der Waals surface area contributed by atoms with E-state index >= 15 is 0 Å². The van der Waals surface area contributed by atoms with E-state index in [4.69, 9.17) is 16.3 Å². The Hall–Kier alpha value is -3.63. The standard InChI is InChI=1S/C28H31ClFN3O5S/c1-19(2)31-28(35)20(3)32(17-21-8-10-23(30)11-9-21)27(34)18-33(24-7-5-6-22(29)16-24)39(36,37)26-14-12-25(38-4)13-15-26/h5-16,19-20H,17-18H2,1-4H3,(H,31,35). The molecule has 0 aliphatic heterocycles. The maximum absolute atomic E-state index is 13.8. The summed E-state index contributed by atoms with van der Waals surface area (Å²) in [4.78, 5) is 27.9. The van der Waals surface area contributed by atoms with Crippen molar-refractivity contribution >= 4 is 39.1 Å². The number of rotatable bonds is 11. The Labute approximate surface area is 233 Å². The van der Waals surface area contributed by atoms with Crippen molar-refractivity contribution in [3.8, 4) is 5.75 Å². The summed E-state index contributed by atoms with van der Waals surface area (Å²) in [5.41, 5.74) is 0.744. The zero-order valence-corrected chi connectivity index (χ0v) is 23.7. The Bertz CT molecular complexity index is 1400. The molecular formula is C28H31ClFN3O5S. The van der Waals surface area contributed by atoms with Gasteiger partial charge >= 0.3 is 0 Å². The molecule has 0 bridgehead atoms. The number of nitrogens with zero attached hydrogens (tertiary/aromatic N) is 2. The van der Waals surface area contributed by atoms with E-state index in [1.54, 1.807) is 32.9 Å². The highest BCUT2D eigenvalue weighted by Crippen LogP contribution is 2.28. The van der Waals surface area contributed by atoms with Gasteiger partial charge < -0.3 is 15.0 Å². The second-order valence-electron chi connectivity index (χ2n) is 9.15. The average molecular weight is 576 g/mol. The van der Waals surface area contributed by atoms with E-state index in [-0.39, 0.29) is 28.2 Å². The molecule has 0 heterocycles. The van der Waals surface area contributed by atoms with Crippen LogP contribution in [0.1, 0.15) is 26.3 Å². The molecule has 0 aromatic heterocycles. The number of nitrogens with one attached hydrogen (secondary N) is 1. The molecule has 0 fully saturated rings. The van der Waals surface area contributed by atoms with Gasteiger partial charge in [0.2, 0.25) is 11.8 Å². The highest BCUT2D eigenvalue weighted by Gasteiger charge is 2.32. The first-order valence-electron chi connectivity index (χ1n) is 12.2. The number of ether oxygens (including phenoxy) is 1. The Balaban J connectivity index is 2.03. The Kier molecular flexibility index (Phi) is 9.93. The van der Waals surface area contributed by atoms with E-state index < -0.39 is 40.2 Å². The molecule has 0 spiro atoms. The van der Waals surface area contributed by atoms with Gasteiger partial charge in [0, 0.05) is 17.6 Å². The minimum absolute atomic E-state index is 0.0439. The SMILES string of the molecule is COc1ccc(S(=O)(=O)N(CC(=O)N(Cc2ccc(F)cc2)C(C)C(=O)NC(C)C)c2cccc(Cl)c2)cc1. The van der Waals surface area contributed by atoms with Crippen molar-refractivity contribution in [3.05, 3.63) is 89.2 Å². The summed E-state index contributed by atoms with van der Waals surface area (Å²) in [6.45, 7) is 4.48. The first kappa shape index (κ1) is 29.9. The molecule has 1 atom stereocenters. The second kappa shape index (κ2) is 12.9. The van der Waals surface area contributed by atoms with Gasteiger partial charge in [-0.05, 0) is 80.9 Å². The third-order valence-electron chi connectivity index (χ3n) is 5.89. The van der Waals surface area contributed by atoms with Crippen molar-refractivity contribution in [1.29, 1.82) is 0 Å². The van der Waals surface area contributed by atoms with E-state index in [2.05, 4.69) is 5.32 Å². The largest absolute Gasteiger partial charge is 0.497 e. The van der Waals surface area contributed by atoms with E-state index in [9.17, 15) is 22.4 Å². The van der Waals surface area contributed by atoms with E-state index in [0.717, 1.165) is 4.31 Å². The van der Waals surface area contributed by atoms with Crippen LogP contribution in [0.2, 0.25) is 5.02 Å². The zero-order chi connectivity index (χ0) is 28.7. The van der Waals surface area contributed by atoms with Crippen LogP contribution in [0.25, 0.3) is 0 Å². The van der Waals surface area contributed by atoms with Crippen LogP contribution in [-0.2, 0) is 26.2 Å². The Morgan fingerprint density at radius 3 is 2.21 bits per heavy atom. The molecule has 1 N–H and O–H groups in total. The van der Waals surface area contributed by atoms with Crippen LogP contribution in [0.3, 0.4) is 0 Å². The highest BCUT2D eigenvalue weighted by molar-refractivity contribution is 7.92. The topological polar surface area (TPSA) is 96.0 Å². The third kappa shape index (κ3) is 7.70. The van der Waals surface area contributed by atoms with Crippen molar-refractivity contribution in [1.82, 2.24) is 10.2 Å². The van der Waals surface area contributed by atoms with Crippen LogP contribution in [0.5, 0.6) is 5.75 Å². The minimum Gasteiger partial charge on any atom is -0.497 e. The van der Waals surface area contributed by atoms with Crippen molar-refractivity contribution in [2.75, 3.05) is 18.0 Å². The maximum Gasteiger partial charge on any atom is 0.264 e. The van der Waals surface area contributed by atoms with Gasteiger partial charge in [0.1, 0.15) is 24.2 Å². The van der Waals surface area contributed by atoms with Crippen molar-refractivity contribution < 1.29 is 27.1 Å². The lowest BCUT2D eigenvalue weighted by Crippen LogP contribution is -2.52. The lowest BCUT2D eigenvalue weighted by Gasteiger charge is -2.32. The van der Waals surface area contributed by atoms with Crippen LogP contribution in [0.4, 0.5) is 10.1 Å². The van der Waals surface area contributed by atoms with Gasteiger partial charge in [-0.2, -0.15) is 0 Å². The molecular weight excluding hydrogens is 545 g/mol. The molecule has 11 heteroatoms. The number of carbonyl (C=O) groups excluding carboxylic acids is 2. The summed E-state index contributed by atoms with van der Waals surface area (Å²) < 4.78 is 47.2. The number of methoxy groups -OCH3 is 1. The number of halogens is 2. The molecule has 0 saturated heterocycles. The van der Waals surface area contributed by atoms with Crippen LogP contribution in [0, 0.1) is 5.82 Å². The fourth-order valence-electron chi connectivity index (χ4n) is 3.81. The fourth-order valence-corrected chi connectivity index (χ4v) is 5.40. The lowest BCUT2D eigenvalue weighted by atomic mass is 10.1. The van der Waals surface area contributed by atoms with Crippen molar-refractivity contribution in [2.24, 2.45) is 0 Å². The molecule has 2 amide bonds. The normalized spacial score (nSPS) is 12.1. The first-order chi connectivity index (χ1) is 18.4. The van der Waals surface area contributed by atoms with Crippen LogP contribution >= 0.6 is 11.6 Å². The molecule has 3 aromatic carbocycles. The second-order valence-corrected chi connectivity index (χ2v) is 11.5. The molecule has 0 radical (unpaired) electrons. The number of sulfonamides is 1. The summed E-state index contributed by atoms with van der Waals surface area (Å²) in [6, 6.07) is 16.3. The molecule has 0 aliphatic rings. The molecule has 39 heavy (non-hydrogen) atoms. The van der Waals surface area contributed by atoms with Gasteiger partial charge in [-0.25, -0.2) is 12.8 Å². The van der Waals surface area contributed by atoms with Crippen molar-refractivity contribution in [3.63, 3.8) is 0 Å². The average Bonchev–Trinajstić information content (AvgIpc) is 2.90.